The molecule has 0 amide bonds. The third-order valence-electron chi connectivity index (χ3n) is 3.61. The molecule has 2 N–H and O–H groups in total. The number of fused-ring (bicyclic) bond motifs is 1. The molecule has 0 aromatic heterocycles. The summed E-state index contributed by atoms with van der Waals surface area (Å²) in [5, 5.41) is 0. The first-order chi connectivity index (χ1) is 8.59. The van der Waals surface area contributed by atoms with Crippen LogP contribution in [0.25, 0.3) is 0 Å². The van der Waals surface area contributed by atoms with Crippen molar-refractivity contribution in [2.45, 2.75) is 51.7 Å². The smallest absolute Gasteiger partial charge is 0.128 e. The number of benzene rings is 1. The largest absolute Gasteiger partial charge is 0.493 e. The van der Waals surface area contributed by atoms with E-state index in [-0.39, 0.29) is 11.6 Å². The van der Waals surface area contributed by atoms with E-state index in [4.69, 9.17) is 15.2 Å². The number of hydrogen-bond donors (Lipinski definition) is 1. The van der Waals surface area contributed by atoms with Crippen LogP contribution in [0.5, 0.6) is 11.5 Å². The SMILES string of the molecule is CCCOc1cccc2c1C(N)CC(C)(CC)O2. The van der Waals surface area contributed by atoms with Crippen LogP contribution in [0.4, 0.5) is 0 Å². The summed E-state index contributed by atoms with van der Waals surface area (Å²) in [4.78, 5) is 0. The van der Waals surface area contributed by atoms with E-state index < -0.39 is 0 Å². The number of nitrogens with two attached hydrogens (primary N) is 1. The predicted molar refractivity (Wildman–Crippen MR) is 73.1 cm³/mol. The number of ether oxygens (including phenoxy) is 2. The van der Waals surface area contributed by atoms with Gasteiger partial charge in [0.15, 0.2) is 0 Å². The van der Waals surface area contributed by atoms with E-state index in [0.717, 1.165) is 36.3 Å². The van der Waals surface area contributed by atoms with Crippen LogP contribution >= 0.6 is 0 Å². The molecule has 18 heavy (non-hydrogen) atoms. The second kappa shape index (κ2) is 5.19. The average molecular weight is 249 g/mol. The van der Waals surface area contributed by atoms with E-state index in [1.54, 1.807) is 0 Å². The molecule has 0 saturated heterocycles. The minimum atomic E-state index is -0.157. The molecule has 1 heterocycles. The molecule has 0 fully saturated rings. The highest BCUT2D eigenvalue weighted by Gasteiger charge is 2.36. The van der Waals surface area contributed by atoms with Crippen molar-refractivity contribution in [2.75, 3.05) is 6.61 Å². The lowest BCUT2D eigenvalue weighted by molar-refractivity contribution is 0.0490. The van der Waals surface area contributed by atoms with Gasteiger partial charge in [0.25, 0.3) is 0 Å². The first-order valence-electron chi connectivity index (χ1n) is 6.80. The molecular formula is C15H23NO2. The Kier molecular flexibility index (Phi) is 3.81. The van der Waals surface area contributed by atoms with Gasteiger partial charge in [0.1, 0.15) is 17.1 Å². The van der Waals surface area contributed by atoms with E-state index in [1.807, 2.05) is 18.2 Å². The summed E-state index contributed by atoms with van der Waals surface area (Å²) in [5.41, 5.74) is 7.18. The van der Waals surface area contributed by atoms with Crippen LogP contribution < -0.4 is 15.2 Å². The highest BCUT2D eigenvalue weighted by Crippen LogP contribution is 2.44. The molecule has 0 bridgehead atoms. The van der Waals surface area contributed by atoms with Crippen molar-refractivity contribution in [3.63, 3.8) is 0 Å². The zero-order valence-corrected chi connectivity index (χ0v) is 11.5. The van der Waals surface area contributed by atoms with Gasteiger partial charge in [-0.3, -0.25) is 0 Å². The average Bonchev–Trinajstić information content (AvgIpc) is 2.35. The molecule has 0 spiro atoms. The molecule has 1 aliphatic rings. The van der Waals surface area contributed by atoms with Crippen LogP contribution in [0, 0.1) is 0 Å². The molecule has 2 rings (SSSR count). The van der Waals surface area contributed by atoms with Crippen molar-refractivity contribution in [3.8, 4) is 11.5 Å². The summed E-state index contributed by atoms with van der Waals surface area (Å²) in [7, 11) is 0. The zero-order chi connectivity index (χ0) is 13.2. The van der Waals surface area contributed by atoms with Gasteiger partial charge < -0.3 is 15.2 Å². The Balaban J connectivity index is 2.33. The maximum Gasteiger partial charge on any atom is 0.128 e. The molecule has 1 aromatic carbocycles. The van der Waals surface area contributed by atoms with Crippen LogP contribution in [0.15, 0.2) is 18.2 Å². The molecule has 0 saturated carbocycles. The summed E-state index contributed by atoms with van der Waals surface area (Å²) in [6, 6.07) is 5.93. The molecule has 2 atom stereocenters. The lowest BCUT2D eigenvalue weighted by Crippen LogP contribution is -2.39. The molecule has 100 valence electrons. The molecule has 2 unspecified atom stereocenters. The third-order valence-corrected chi connectivity index (χ3v) is 3.61. The third kappa shape index (κ3) is 2.46. The summed E-state index contributed by atoms with van der Waals surface area (Å²) in [6.45, 7) is 7.07. The summed E-state index contributed by atoms with van der Waals surface area (Å²) < 4.78 is 11.9. The van der Waals surface area contributed by atoms with Crippen molar-refractivity contribution in [1.29, 1.82) is 0 Å². The lowest BCUT2D eigenvalue weighted by Gasteiger charge is -2.38. The van der Waals surface area contributed by atoms with Crippen molar-refractivity contribution in [3.05, 3.63) is 23.8 Å². The number of hydrogen-bond acceptors (Lipinski definition) is 3. The second-order valence-corrected chi connectivity index (χ2v) is 5.23. The highest BCUT2D eigenvalue weighted by atomic mass is 16.5. The Labute approximate surface area is 109 Å². The molecule has 0 radical (unpaired) electrons. The Morgan fingerprint density at radius 2 is 2.22 bits per heavy atom. The molecule has 3 nitrogen and oxygen atoms in total. The first kappa shape index (κ1) is 13.2. The van der Waals surface area contributed by atoms with Gasteiger partial charge in [0, 0.05) is 12.5 Å². The minimum absolute atomic E-state index is 0.00763. The van der Waals surface area contributed by atoms with Gasteiger partial charge in [-0.2, -0.15) is 0 Å². The van der Waals surface area contributed by atoms with Crippen LogP contribution in [-0.2, 0) is 0 Å². The number of rotatable bonds is 4. The second-order valence-electron chi connectivity index (χ2n) is 5.23. The zero-order valence-electron chi connectivity index (χ0n) is 11.5. The fourth-order valence-electron chi connectivity index (χ4n) is 2.41. The Morgan fingerprint density at radius 3 is 2.89 bits per heavy atom. The molecule has 0 aliphatic carbocycles. The van der Waals surface area contributed by atoms with E-state index in [2.05, 4.69) is 20.8 Å². The van der Waals surface area contributed by atoms with Crippen molar-refractivity contribution in [2.24, 2.45) is 5.73 Å². The topological polar surface area (TPSA) is 44.5 Å². The predicted octanol–water partition coefficient (Wildman–Crippen LogP) is 3.43. The maximum absolute atomic E-state index is 6.31. The quantitative estimate of drug-likeness (QED) is 0.889. The van der Waals surface area contributed by atoms with E-state index in [9.17, 15) is 0 Å². The van der Waals surface area contributed by atoms with Gasteiger partial charge in [0.05, 0.1) is 12.2 Å². The van der Waals surface area contributed by atoms with Crippen LogP contribution in [0.1, 0.15) is 51.6 Å². The molecule has 1 aliphatic heterocycles. The maximum atomic E-state index is 6.31. The first-order valence-corrected chi connectivity index (χ1v) is 6.80. The van der Waals surface area contributed by atoms with E-state index in [1.165, 1.54) is 0 Å². The monoisotopic (exact) mass is 249 g/mol. The van der Waals surface area contributed by atoms with Gasteiger partial charge in [-0.15, -0.1) is 0 Å². The fraction of sp³-hybridized carbons (Fsp3) is 0.600. The molecule has 1 aromatic rings. The van der Waals surface area contributed by atoms with Gasteiger partial charge in [-0.25, -0.2) is 0 Å². The van der Waals surface area contributed by atoms with Gasteiger partial charge in [-0.1, -0.05) is 19.9 Å². The minimum Gasteiger partial charge on any atom is -0.493 e. The van der Waals surface area contributed by atoms with Crippen molar-refractivity contribution in [1.82, 2.24) is 0 Å². The van der Waals surface area contributed by atoms with Crippen LogP contribution in [-0.4, -0.2) is 12.2 Å². The van der Waals surface area contributed by atoms with Crippen LogP contribution in [0.2, 0.25) is 0 Å². The molecular weight excluding hydrogens is 226 g/mol. The summed E-state index contributed by atoms with van der Waals surface area (Å²) in [6.07, 6.45) is 2.79. The fourth-order valence-corrected chi connectivity index (χ4v) is 2.41. The lowest BCUT2D eigenvalue weighted by atomic mass is 9.87. The summed E-state index contributed by atoms with van der Waals surface area (Å²) in [5.74, 6) is 1.76. The van der Waals surface area contributed by atoms with Gasteiger partial charge in [0.2, 0.25) is 0 Å². The van der Waals surface area contributed by atoms with Crippen LogP contribution in [0.3, 0.4) is 0 Å². The Bertz CT molecular complexity index is 419. The Hall–Kier alpha value is -1.22. The normalized spacial score (nSPS) is 26.3. The van der Waals surface area contributed by atoms with Gasteiger partial charge >= 0.3 is 0 Å². The molecule has 3 heteroatoms. The van der Waals surface area contributed by atoms with Crippen molar-refractivity contribution < 1.29 is 9.47 Å². The Morgan fingerprint density at radius 1 is 1.44 bits per heavy atom. The van der Waals surface area contributed by atoms with E-state index in [0.29, 0.717) is 6.61 Å². The standard InChI is InChI=1S/C15H23NO2/c1-4-9-17-12-7-6-8-13-14(12)11(16)10-15(3,5-2)18-13/h6-8,11H,4-5,9-10,16H2,1-3H3. The summed E-state index contributed by atoms with van der Waals surface area (Å²) >= 11 is 0. The van der Waals surface area contributed by atoms with Gasteiger partial charge in [-0.05, 0) is 31.9 Å². The van der Waals surface area contributed by atoms with Crippen molar-refractivity contribution >= 4 is 0 Å². The van der Waals surface area contributed by atoms with E-state index >= 15 is 0 Å². The highest BCUT2D eigenvalue weighted by molar-refractivity contribution is 5.48.